The van der Waals surface area contributed by atoms with Crippen LogP contribution in [0.25, 0.3) is 0 Å². The largest absolute Gasteiger partial charge is 0.494 e. The van der Waals surface area contributed by atoms with Gasteiger partial charge in [-0.2, -0.15) is 0 Å². The van der Waals surface area contributed by atoms with Crippen LogP contribution in [0.2, 0.25) is 0 Å². The SMILES string of the molecule is CCOc1ccc(NC(=O)C(CC)Sc2cccc(NC(=O)COc3ccccc3)c2)cc1. The minimum absolute atomic E-state index is 0.0719. The summed E-state index contributed by atoms with van der Waals surface area (Å²) in [6.07, 6.45) is 0.662. The highest BCUT2D eigenvalue weighted by molar-refractivity contribution is 8.00. The first-order chi connectivity index (χ1) is 16.1. The Morgan fingerprint density at radius 3 is 2.24 bits per heavy atom. The molecule has 0 saturated carbocycles. The molecule has 0 heterocycles. The molecule has 3 rings (SSSR count). The third-order valence-corrected chi connectivity index (χ3v) is 5.96. The summed E-state index contributed by atoms with van der Waals surface area (Å²) in [6.45, 7) is 4.42. The number of ether oxygens (including phenoxy) is 2. The molecule has 2 N–H and O–H groups in total. The van der Waals surface area contributed by atoms with Gasteiger partial charge in [0.1, 0.15) is 11.5 Å². The minimum atomic E-state index is -0.274. The Hall–Kier alpha value is -3.45. The van der Waals surface area contributed by atoms with Crippen molar-refractivity contribution < 1.29 is 19.1 Å². The van der Waals surface area contributed by atoms with Crippen LogP contribution in [-0.2, 0) is 9.59 Å². The Bertz CT molecular complexity index is 1040. The lowest BCUT2D eigenvalue weighted by Gasteiger charge is -2.16. The maximum absolute atomic E-state index is 12.8. The second-order valence-corrected chi connectivity index (χ2v) is 8.42. The number of hydrogen-bond acceptors (Lipinski definition) is 5. The highest BCUT2D eigenvalue weighted by atomic mass is 32.2. The van der Waals surface area contributed by atoms with Gasteiger partial charge in [0.15, 0.2) is 6.61 Å². The van der Waals surface area contributed by atoms with E-state index in [9.17, 15) is 9.59 Å². The molecule has 33 heavy (non-hydrogen) atoms. The van der Waals surface area contributed by atoms with Crippen LogP contribution in [0.1, 0.15) is 20.3 Å². The summed E-state index contributed by atoms with van der Waals surface area (Å²) in [4.78, 5) is 25.9. The lowest BCUT2D eigenvalue weighted by Crippen LogP contribution is -2.24. The van der Waals surface area contributed by atoms with Crippen LogP contribution in [-0.4, -0.2) is 30.3 Å². The number of anilines is 2. The number of rotatable bonds is 11. The van der Waals surface area contributed by atoms with Gasteiger partial charge in [-0.3, -0.25) is 9.59 Å². The van der Waals surface area contributed by atoms with Crippen molar-refractivity contribution in [2.75, 3.05) is 23.8 Å². The van der Waals surface area contributed by atoms with Gasteiger partial charge >= 0.3 is 0 Å². The highest BCUT2D eigenvalue weighted by Gasteiger charge is 2.18. The maximum Gasteiger partial charge on any atom is 0.262 e. The average molecular weight is 465 g/mol. The summed E-state index contributed by atoms with van der Waals surface area (Å²) in [7, 11) is 0. The number of carbonyl (C=O) groups excluding carboxylic acids is 2. The van der Waals surface area contributed by atoms with Gasteiger partial charge in [0, 0.05) is 16.3 Å². The zero-order chi connectivity index (χ0) is 23.5. The second kappa shape index (κ2) is 12.6. The number of para-hydroxylation sites is 1. The van der Waals surface area contributed by atoms with Crippen molar-refractivity contribution in [2.24, 2.45) is 0 Å². The summed E-state index contributed by atoms with van der Waals surface area (Å²) in [5.74, 6) is 1.09. The highest BCUT2D eigenvalue weighted by Crippen LogP contribution is 2.29. The van der Waals surface area contributed by atoms with Crippen LogP contribution < -0.4 is 20.1 Å². The molecular formula is C26H28N2O4S. The summed E-state index contributed by atoms with van der Waals surface area (Å²) in [6, 6.07) is 24.0. The van der Waals surface area contributed by atoms with Crippen LogP contribution in [0.15, 0.2) is 83.8 Å². The van der Waals surface area contributed by atoms with Gasteiger partial charge in [-0.1, -0.05) is 31.2 Å². The molecule has 1 unspecified atom stereocenters. The van der Waals surface area contributed by atoms with E-state index in [0.717, 1.165) is 16.3 Å². The zero-order valence-electron chi connectivity index (χ0n) is 18.7. The van der Waals surface area contributed by atoms with Crippen molar-refractivity contribution in [3.63, 3.8) is 0 Å². The fourth-order valence-electron chi connectivity index (χ4n) is 3.02. The maximum atomic E-state index is 12.8. The fourth-order valence-corrected chi connectivity index (χ4v) is 4.03. The first-order valence-corrected chi connectivity index (χ1v) is 11.7. The van der Waals surface area contributed by atoms with Crippen LogP contribution >= 0.6 is 11.8 Å². The molecule has 0 spiro atoms. The molecule has 7 heteroatoms. The zero-order valence-corrected chi connectivity index (χ0v) is 19.6. The molecule has 1 atom stereocenters. The van der Waals surface area contributed by atoms with Gasteiger partial charge in [-0.15, -0.1) is 11.8 Å². The van der Waals surface area contributed by atoms with Crippen LogP contribution in [0, 0.1) is 0 Å². The smallest absolute Gasteiger partial charge is 0.262 e. The number of hydrogen-bond donors (Lipinski definition) is 2. The quantitative estimate of drug-likeness (QED) is 0.361. The Morgan fingerprint density at radius 1 is 0.818 bits per heavy atom. The predicted octanol–water partition coefficient (Wildman–Crippen LogP) is 5.61. The molecule has 2 amide bonds. The fraction of sp³-hybridized carbons (Fsp3) is 0.231. The van der Waals surface area contributed by atoms with Crippen LogP contribution in [0.5, 0.6) is 11.5 Å². The van der Waals surface area contributed by atoms with Gasteiger partial charge in [0.05, 0.1) is 11.9 Å². The average Bonchev–Trinajstić information content (AvgIpc) is 2.83. The van der Waals surface area contributed by atoms with Crippen LogP contribution in [0.3, 0.4) is 0 Å². The molecule has 0 radical (unpaired) electrons. The van der Waals surface area contributed by atoms with Crippen molar-refractivity contribution in [1.82, 2.24) is 0 Å². The number of nitrogens with one attached hydrogen (secondary N) is 2. The van der Waals surface area contributed by atoms with Gasteiger partial charge in [0.25, 0.3) is 5.91 Å². The topological polar surface area (TPSA) is 76.7 Å². The van der Waals surface area contributed by atoms with E-state index in [0.29, 0.717) is 24.5 Å². The monoisotopic (exact) mass is 464 g/mol. The van der Waals surface area contributed by atoms with Crippen molar-refractivity contribution in [1.29, 1.82) is 0 Å². The van der Waals surface area contributed by atoms with Crippen molar-refractivity contribution in [2.45, 2.75) is 30.4 Å². The standard InChI is InChI=1S/C26H28N2O4S/c1-3-24(26(30)28-19-13-15-22(16-14-19)31-4-2)33-23-12-8-9-20(17-23)27-25(29)18-32-21-10-6-5-7-11-21/h5-17,24H,3-4,18H2,1-2H3,(H,27,29)(H,28,30). The molecule has 0 fully saturated rings. The van der Waals surface area contributed by atoms with E-state index in [-0.39, 0.29) is 23.7 Å². The Labute approximate surface area is 198 Å². The van der Waals surface area contributed by atoms with E-state index in [4.69, 9.17) is 9.47 Å². The van der Waals surface area contributed by atoms with Crippen LogP contribution in [0.4, 0.5) is 11.4 Å². The van der Waals surface area contributed by atoms with Crippen molar-refractivity contribution in [3.8, 4) is 11.5 Å². The Kier molecular flexibility index (Phi) is 9.20. The predicted molar refractivity (Wildman–Crippen MR) is 133 cm³/mol. The molecule has 172 valence electrons. The third kappa shape index (κ3) is 7.88. The molecule has 0 aliphatic heterocycles. The van der Waals surface area contributed by atoms with E-state index in [1.54, 1.807) is 12.1 Å². The molecule has 0 aromatic heterocycles. The first kappa shape index (κ1) is 24.2. The van der Waals surface area contributed by atoms with E-state index < -0.39 is 0 Å². The first-order valence-electron chi connectivity index (χ1n) is 10.9. The van der Waals surface area contributed by atoms with Crippen molar-refractivity contribution >= 4 is 35.0 Å². The summed E-state index contributed by atoms with van der Waals surface area (Å²) < 4.78 is 10.9. The number of thioether (sulfide) groups is 1. The molecule has 0 saturated heterocycles. The Morgan fingerprint density at radius 2 is 1.55 bits per heavy atom. The Balaban J connectivity index is 1.54. The summed E-state index contributed by atoms with van der Waals surface area (Å²) >= 11 is 1.46. The van der Waals surface area contributed by atoms with E-state index in [1.807, 2.05) is 80.6 Å². The summed E-state index contributed by atoms with van der Waals surface area (Å²) in [5, 5.41) is 5.52. The van der Waals surface area contributed by atoms with E-state index in [2.05, 4.69) is 10.6 Å². The lowest BCUT2D eigenvalue weighted by atomic mass is 10.2. The molecule has 6 nitrogen and oxygen atoms in total. The normalized spacial score (nSPS) is 11.3. The van der Waals surface area contributed by atoms with Gasteiger partial charge < -0.3 is 20.1 Å². The summed E-state index contributed by atoms with van der Waals surface area (Å²) in [5.41, 5.74) is 1.38. The number of carbonyl (C=O) groups is 2. The number of benzene rings is 3. The second-order valence-electron chi connectivity index (χ2n) is 7.14. The number of amides is 2. The van der Waals surface area contributed by atoms with Gasteiger partial charge in [-0.05, 0) is 67.9 Å². The van der Waals surface area contributed by atoms with Crippen molar-refractivity contribution in [3.05, 3.63) is 78.9 Å². The molecule has 3 aromatic rings. The van der Waals surface area contributed by atoms with Gasteiger partial charge in [-0.25, -0.2) is 0 Å². The minimum Gasteiger partial charge on any atom is -0.494 e. The third-order valence-electron chi connectivity index (χ3n) is 4.61. The lowest BCUT2D eigenvalue weighted by molar-refractivity contribution is -0.118. The molecular weight excluding hydrogens is 436 g/mol. The molecule has 0 bridgehead atoms. The molecule has 0 aliphatic rings. The molecule has 3 aromatic carbocycles. The van der Waals surface area contributed by atoms with Gasteiger partial charge in [0.2, 0.25) is 5.91 Å². The molecule has 0 aliphatic carbocycles. The van der Waals surface area contributed by atoms with E-state index in [1.165, 1.54) is 11.8 Å². The van der Waals surface area contributed by atoms with E-state index >= 15 is 0 Å².